The van der Waals surface area contributed by atoms with Crippen LogP contribution in [0, 0.1) is 13.8 Å². The second kappa shape index (κ2) is 7.91. The number of para-hydroxylation sites is 1. The first-order valence-corrected chi connectivity index (χ1v) is 9.59. The molecular formula is C24H23N3O3. The van der Waals surface area contributed by atoms with E-state index in [9.17, 15) is 4.79 Å². The number of nitrogens with zero attached hydrogens (tertiary/aromatic N) is 1. The number of aromatic nitrogens is 2. The number of hydrogen-bond acceptors (Lipinski definition) is 4. The number of aromatic amines is 1. The van der Waals surface area contributed by atoms with Gasteiger partial charge in [0, 0.05) is 22.9 Å². The van der Waals surface area contributed by atoms with Gasteiger partial charge in [-0.25, -0.2) is 4.98 Å². The van der Waals surface area contributed by atoms with E-state index in [0.29, 0.717) is 22.7 Å². The van der Waals surface area contributed by atoms with Crippen LogP contribution in [-0.2, 0) is 0 Å². The summed E-state index contributed by atoms with van der Waals surface area (Å²) in [7, 11) is 3.11. The van der Waals surface area contributed by atoms with Gasteiger partial charge in [0.05, 0.1) is 25.3 Å². The van der Waals surface area contributed by atoms with Gasteiger partial charge in [-0.2, -0.15) is 0 Å². The molecule has 0 aliphatic carbocycles. The van der Waals surface area contributed by atoms with Crippen molar-refractivity contribution in [1.29, 1.82) is 0 Å². The molecule has 0 radical (unpaired) electrons. The van der Waals surface area contributed by atoms with Crippen molar-refractivity contribution in [2.75, 3.05) is 19.5 Å². The zero-order valence-corrected chi connectivity index (χ0v) is 17.4. The molecule has 0 fully saturated rings. The molecule has 0 unspecified atom stereocenters. The maximum atomic E-state index is 12.8. The molecule has 0 aliphatic heterocycles. The number of ether oxygens (including phenoxy) is 2. The first-order valence-electron chi connectivity index (χ1n) is 9.59. The van der Waals surface area contributed by atoms with Crippen LogP contribution in [0.3, 0.4) is 0 Å². The Bertz CT molecular complexity index is 1220. The fourth-order valence-electron chi connectivity index (χ4n) is 3.40. The topological polar surface area (TPSA) is 76.2 Å². The van der Waals surface area contributed by atoms with E-state index >= 15 is 0 Å². The van der Waals surface area contributed by atoms with E-state index in [1.54, 1.807) is 32.4 Å². The zero-order valence-electron chi connectivity index (χ0n) is 17.4. The van der Waals surface area contributed by atoms with Crippen LogP contribution in [-0.4, -0.2) is 30.1 Å². The van der Waals surface area contributed by atoms with Crippen molar-refractivity contribution in [2.24, 2.45) is 0 Å². The lowest BCUT2D eigenvalue weighted by Gasteiger charge is -2.11. The predicted octanol–water partition coefficient (Wildman–Crippen LogP) is 5.12. The predicted molar refractivity (Wildman–Crippen MR) is 119 cm³/mol. The fourth-order valence-corrected chi connectivity index (χ4v) is 3.40. The number of amides is 1. The smallest absolute Gasteiger partial charge is 0.255 e. The zero-order chi connectivity index (χ0) is 21.3. The number of carbonyl (C=O) groups is 1. The maximum Gasteiger partial charge on any atom is 0.255 e. The maximum absolute atomic E-state index is 12.8. The van der Waals surface area contributed by atoms with Gasteiger partial charge in [-0.1, -0.05) is 18.2 Å². The number of benzene rings is 3. The number of H-pyrrole nitrogens is 1. The van der Waals surface area contributed by atoms with Gasteiger partial charge in [0.1, 0.15) is 17.3 Å². The minimum atomic E-state index is -0.248. The van der Waals surface area contributed by atoms with Gasteiger partial charge in [0.25, 0.3) is 5.91 Å². The molecule has 4 aromatic rings. The van der Waals surface area contributed by atoms with Crippen LogP contribution >= 0.6 is 0 Å². The molecule has 152 valence electrons. The van der Waals surface area contributed by atoms with Crippen LogP contribution in [0.25, 0.3) is 22.4 Å². The first kappa shape index (κ1) is 19.5. The van der Waals surface area contributed by atoms with E-state index in [2.05, 4.69) is 10.3 Å². The van der Waals surface area contributed by atoms with Crippen molar-refractivity contribution in [3.8, 4) is 22.9 Å². The highest BCUT2D eigenvalue weighted by molar-refractivity contribution is 6.05. The quantitative estimate of drug-likeness (QED) is 0.487. The summed E-state index contributed by atoms with van der Waals surface area (Å²) in [6.45, 7) is 4.06. The van der Waals surface area contributed by atoms with E-state index in [4.69, 9.17) is 14.5 Å². The molecule has 1 heterocycles. The van der Waals surface area contributed by atoms with Crippen LogP contribution < -0.4 is 14.8 Å². The minimum Gasteiger partial charge on any atom is -0.497 e. The summed E-state index contributed by atoms with van der Waals surface area (Å²) in [6.07, 6.45) is 0. The lowest BCUT2D eigenvalue weighted by Crippen LogP contribution is -2.12. The van der Waals surface area contributed by atoms with Crippen LogP contribution in [0.4, 0.5) is 5.69 Å². The Morgan fingerprint density at radius 2 is 1.67 bits per heavy atom. The standard InChI is InChI=1S/C24H23N3O3/c1-14-8-9-17(25-24(28)16-10-18(29-3)13-19(11-16)30-4)12-20(14)23-26-21-7-5-6-15(2)22(21)27-23/h5-13H,1-4H3,(H,25,28)(H,26,27). The molecule has 2 N–H and O–H groups in total. The van der Waals surface area contributed by atoms with E-state index in [1.807, 2.05) is 50.2 Å². The van der Waals surface area contributed by atoms with Crippen molar-refractivity contribution in [2.45, 2.75) is 13.8 Å². The van der Waals surface area contributed by atoms with Gasteiger partial charge in [0.15, 0.2) is 0 Å². The molecule has 3 aromatic carbocycles. The normalized spacial score (nSPS) is 10.8. The van der Waals surface area contributed by atoms with E-state index < -0.39 is 0 Å². The Balaban J connectivity index is 1.66. The lowest BCUT2D eigenvalue weighted by molar-refractivity contribution is 0.102. The molecule has 1 aromatic heterocycles. The van der Waals surface area contributed by atoms with Crippen molar-refractivity contribution in [3.63, 3.8) is 0 Å². The summed E-state index contributed by atoms with van der Waals surface area (Å²) in [6, 6.07) is 16.9. The number of fused-ring (bicyclic) bond motifs is 1. The van der Waals surface area contributed by atoms with Crippen molar-refractivity contribution >= 4 is 22.6 Å². The number of rotatable bonds is 5. The molecule has 0 saturated heterocycles. The fraction of sp³-hybridized carbons (Fsp3) is 0.167. The Hall–Kier alpha value is -3.80. The lowest BCUT2D eigenvalue weighted by atomic mass is 10.1. The summed E-state index contributed by atoms with van der Waals surface area (Å²) in [5.74, 6) is 1.64. The number of carbonyl (C=O) groups excluding carboxylic acids is 1. The molecule has 0 saturated carbocycles. The van der Waals surface area contributed by atoms with Gasteiger partial charge in [-0.15, -0.1) is 0 Å². The number of methoxy groups -OCH3 is 2. The molecule has 6 heteroatoms. The van der Waals surface area contributed by atoms with Crippen LogP contribution in [0.2, 0.25) is 0 Å². The first-order chi connectivity index (χ1) is 14.5. The molecular weight excluding hydrogens is 378 g/mol. The highest BCUT2D eigenvalue weighted by Gasteiger charge is 2.13. The Morgan fingerprint density at radius 1 is 0.933 bits per heavy atom. The largest absolute Gasteiger partial charge is 0.497 e. The number of imidazole rings is 1. The third-order valence-electron chi connectivity index (χ3n) is 5.08. The van der Waals surface area contributed by atoms with Crippen LogP contribution in [0.1, 0.15) is 21.5 Å². The van der Waals surface area contributed by atoms with Gasteiger partial charge >= 0.3 is 0 Å². The van der Waals surface area contributed by atoms with Gasteiger partial charge in [-0.3, -0.25) is 4.79 Å². The van der Waals surface area contributed by atoms with Gasteiger partial charge in [-0.05, 0) is 55.3 Å². The van der Waals surface area contributed by atoms with E-state index in [0.717, 1.165) is 33.5 Å². The average molecular weight is 401 g/mol. The molecule has 6 nitrogen and oxygen atoms in total. The monoisotopic (exact) mass is 401 g/mol. The molecule has 0 spiro atoms. The number of aryl methyl sites for hydroxylation is 2. The molecule has 0 bridgehead atoms. The third-order valence-corrected chi connectivity index (χ3v) is 5.08. The Morgan fingerprint density at radius 3 is 2.33 bits per heavy atom. The second-order valence-corrected chi connectivity index (χ2v) is 7.14. The summed E-state index contributed by atoms with van der Waals surface area (Å²) in [5.41, 5.74) is 6.18. The molecule has 4 rings (SSSR count). The summed E-state index contributed by atoms with van der Waals surface area (Å²) >= 11 is 0. The number of hydrogen-bond donors (Lipinski definition) is 2. The molecule has 0 atom stereocenters. The van der Waals surface area contributed by atoms with E-state index in [1.165, 1.54) is 0 Å². The van der Waals surface area contributed by atoms with Crippen molar-refractivity contribution in [1.82, 2.24) is 9.97 Å². The molecule has 30 heavy (non-hydrogen) atoms. The molecule has 1 amide bonds. The summed E-state index contributed by atoms with van der Waals surface area (Å²) in [4.78, 5) is 21.0. The van der Waals surface area contributed by atoms with E-state index in [-0.39, 0.29) is 5.91 Å². The minimum absolute atomic E-state index is 0.248. The average Bonchev–Trinajstić information content (AvgIpc) is 3.20. The van der Waals surface area contributed by atoms with Crippen LogP contribution in [0.5, 0.6) is 11.5 Å². The SMILES string of the molecule is COc1cc(OC)cc(C(=O)Nc2ccc(C)c(-c3nc4c(C)cccc4[nH]3)c2)c1. The number of anilines is 1. The van der Waals surface area contributed by atoms with Gasteiger partial charge < -0.3 is 19.8 Å². The van der Waals surface area contributed by atoms with Crippen LogP contribution in [0.15, 0.2) is 54.6 Å². The Kier molecular flexibility index (Phi) is 5.14. The summed E-state index contributed by atoms with van der Waals surface area (Å²) < 4.78 is 10.5. The van der Waals surface area contributed by atoms with Gasteiger partial charge in [0.2, 0.25) is 0 Å². The molecule has 0 aliphatic rings. The van der Waals surface area contributed by atoms with Crippen molar-refractivity contribution < 1.29 is 14.3 Å². The highest BCUT2D eigenvalue weighted by atomic mass is 16.5. The van der Waals surface area contributed by atoms with Crippen molar-refractivity contribution in [3.05, 3.63) is 71.3 Å². The Labute approximate surface area is 174 Å². The highest BCUT2D eigenvalue weighted by Crippen LogP contribution is 2.28. The third kappa shape index (κ3) is 3.72. The second-order valence-electron chi connectivity index (χ2n) is 7.14. The summed E-state index contributed by atoms with van der Waals surface area (Å²) in [5, 5.41) is 2.95. The number of nitrogens with one attached hydrogen (secondary N) is 2.